The highest BCUT2D eigenvalue weighted by Gasteiger charge is 2.34. The molecule has 4 rings (SSSR count). The predicted octanol–water partition coefficient (Wildman–Crippen LogP) is 4.01. The van der Waals surface area contributed by atoms with E-state index in [1.165, 1.54) is 23.1 Å². The minimum Gasteiger partial charge on any atom is -0.488 e. The monoisotopic (exact) mass is 459 g/mol. The van der Waals surface area contributed by atoms with E-state index in [2.05, 4.69) is 5.32 Å². The Morgan fingerprint density at radius 3 is 2.48 bits per heavy atom. The summed E-state index contributed by atoms with van der Waals surface area (Å²) in [5, 5.41) is 13.5. The van der Waals surface area contributed by atoms with Gasteiger partial charge >= 0.3 is 0 Å². The van der Waals surface area contributed by atoms with Gasteiger partial charge in [0.25, 0.3) is 17.5 Å². The van der Waals surface area contributed by atoms with E-state index in [4.69, 9.17) is 17.0 Å². The van der Waals surface area contributed by atoms with Gasteiger partial charge in [-0.1, -0.05) is 48.5 Å². The Balaban J connectivity index is 1.62. The molecule has 8 nitrogen and oxygen atoms in total. The lowest BCUT2D eigenvalue weighted by Crippen LogP contribution is -2.54. The van der Waals surface area contributed by atoms with Crippen LogP contribution < -0.4 is 15.0 Å². The summed E-state index contributed by atoms with van der Waals surface area (Å²) in [6.07, 6.45) is 1.44. The Bertz CT molecular complexity index is 1290. The van der Waals surface area contributed by atoms with Gasteiger partial charge in [0.05, 0.1) is 10.6 Å². The largest absolute Gasteiger partial charge is 0.488 e. The van der Waals surface area contributed by atoms with Gasteiger partial charge in [-0.05, 0) is 42.1 Å². The minimum atomic E-state index is -0.606. The third-order valence-corrected chi connectivity index (χ3v) is 5.14. The van der Waals surface area contributed by atoms with Crippen LogP contribution in [0.1, 0.15) is 11.1 Å². The fraction of sp³-hybridized carbons (Fsp3) is 0.0417. The minimum absolute atomic E-state index is 0.00329. The van der Waals surface area contributed by atoms with Gasteiger partial charge in [-0.2, -0.15) is 0 Å². The molecular formula is C24H17N3O5S. The van der Waals surface area contributed by atoms with Crippen LogP contribution in [-0.2, 0) is 16.2 Å². The number of nitrogens with zero attached hydrogens (tertiary/aromatic N) is 2. The molecule has 0 radical (unpaired) electrons. The third-order valence-electron chi connectivity index (χ3n) is 4.85. The summed E-state index contributed by atoms with van der Waals surface area (Å²) in [4.78, 5) is 37.5. The number of nitro benzene ring substituents is 1. The maximum absolute atomic E-state index is 13.1. The van der Waals surface area contributed by atoms with Crippen molar-refractivity contribution in [2.75, 3.05) is 4.90 Å². The van der Waals surface area contributed by atoms with Gasteiger partial charge in [0.1, 0.15) is 17.9 Å². The van der Waals surface area contributed by atoms with Crippen molar-refractivity contribution in [3.05, 3.63) is 106 Å². The van der Waals surface area contributed by atoms with E-state index in [-0.39, 0.29) is 23.0 Å². The second kappa shape index (κ2) is 9.41. The molecule has 164 valence electrons. The van der Waals surface area contributed by atoms with Crippen LogP contribution in [0.2, 0.25) is 0 Å². The lowest BCUT2D eigenvalue weighted by Gasteiger charge is -2.28. The van der Waals surface area contributed by atoms with Gasteiger partial charge in [0.15, 0.2) is 5.11 Å². The number of hydrogen-bond donors (Lipinski definition) is 1. The number of nitrogens with one attached hydrogen (secondary N) is 1. The summed E-state index contributed by atoms with van der Waals surface area (Å²) in [6, 6.07) is 21.8. The van der Waals surface area contributed by atoms with E-state index in [1.54, 1.807) is 60.7 Å². The average molecular weight is 459 g/mol. The van der Waals surface area contributed by atoms with E-state index >= 15 is 0 Å². The molecule has 0 aromatic heterocycles. The smallest absolute Gasteiger partial charge is 0.270 e. The number of thiocarbonyl (C=S) groups is 1. The molecule has 1 aliphatic rings. The summed E-state index contributed by atoms with van der Waals surface area (Å²) in [5.74, 6) is -0.745. The van der Waals surface area contributed by atoms with Crippen molar-refractivity contribution in [2.45, 2.75) is 6.61 Å². The average Bonchev–Trinajstić information content (AvgIpc) is 2.82. The molecular weight excluding hydrogens is 442 g/mol. The SMILES string of the molecule is O=C1NC(=S)N(c2ccccc2)C(=O)/C1=C\c1ccccc1OCc1cccc([N+](=O)[O-])c1. The Morgan fingerprint density at radius 1 is 1.00 bits per heavy atom. The first-order valence-corrected chi connectivity index (χ1v) is 10.3. The summed E-state index contributed by atoms with van der Waals surface area (Å²) in [6.45, 7) is 0.0717. The van der Waals surface area contributed by atoms with Crippen LogP contribution in [0.3, 0.4) is 0 Å². The lowest BCUT2D eigenvalue weighted by molar-refractivity contribution is -0.384. The molecule has 1 aliphatic heterocycles. The van der Waals surface area contributed by atoms with Crippen molar-refractivity contribution < 1.29 is 19.2 Å². The number of benzene rings is 3. The molecule has 3 aromatic carbocycles. The molecule has 0 saturated carbocycles. The standard InChI is InChI=1S/C24H17N3O5S/c28-22-20(23(29)26(24(33)25-22)18-9-2-1-3-10-18)14-17-8-4-5-12-21(17)32-15-16-7-6-11-19(13-16)27(30)31/h1-14H,15H2,(H,25,28,33)/b20-14-. The molecule has 1 saturated heterocycles. The lowest BCUT2D eigenvalue weighted by atomic mass is 10.1. The molecule has 1 fully saturated rings. The highest BCUT2D eigenvalue weighted by molar-refractivity contribution is 7.80. The fourth-order valence-corrected chi connectivity index (χ4v) is 3.56. The number of anilines is 1. The fourth-order valence-electron chi connectivity index (χ4n) is 3.28. The zero-order valence-electron chi connectivity index (χ0n) is 17.1. The van der Waals surface area contributed by atoms with Gasteiger partial charge in [0, 0.05) is 17.7 Å². The molecule has 3 aromatic rings. The zero-order chi connectivity index (χ0) is 23.4. The number of para-hydroxylation sites is 2. The van der Waals surface area contributed by atoms with Crippen LogP contribution in [0.15, 0.2) is 84.4 Å². The van der Waals surface area contributed by atoms with Crippen molar-refractivity contribution in [3.8, 4) is 5.75 Å². The van der Waals surface area contributed by atoms with Gasteiger partial charge in [0.2, 0.25) is 0 Å². The highest BCUT2D eigenvalue weighted by Crippen LogP contribution is 2.26. The molecule has 0 aliphatic carbocycles. The number of rotatable bonds is 6. The molecule has 33 heavy (non-hydrogen) atoms. The van der Waals surface area contributed by atoms with Crippen LogP contribution in [0.5, 0.6) is 5.75 Å². The van der Waals surface area contributed by atoms with Crippen LogP contribution in [0.4, 0.5) is 11.4 Å². The van der Waals surface area contributed by atoms with Crippen molar-refractivity contribution in [3.63, 3.8) is 0 Å². The molecule has 9 heteroatoms. The van der Waals surface area contributed by atoms with Crippen LogP contribution in [-0.4, -0.2) is 21.9 Å². The van der Waals surface area contributed by atoms with E-state index < -0.39 is 16.7 Å². The number of hydrogen-bond acceptors (Lipinski definition) is 6. The maximum Gasteiger partial charge on any atom is 0.270 e. The van der Waals surface area contributed by atoms with Crippen LogP contribution in [0, 0.1) is 10.1 Å². The Hall–Kier alpha value is -4.37. The Kier molecular flexibility index (Phi) is 6.23. The first-order chi connectivity index (χ1) is 15.9. The van der Waals surface area contributed by atoms with Gasteiger partial charge in [-0.15, -0.1) is 0 Å². The summed E-state index contributed by atoms with van der Waals surface area (Å²) < 4.78 is 5.85. The number of nitro groups is 1. The quantitative estimate of drug-likeness (QED) is 0.197. The van der Waals surface area contributed by atoms with Crippen molar-refractivity contribution >= 4 is 46.6 Å². The number of non-ortho nitro benzene ring substituents is 1. The van der Waals surface area contributed by atoms with E-state index in [1.807, 2.05) is 6.07 Å². The third kappa shape index (κ3) is 4.78. The summed E-state index contributed by atoms with van der Waals surface area (Å²) in [5.41, 5.74) is 1.52. The molecule has 0 atom stereocenters. The number of ether oxygens (including phenoxy) is 1. The molecule has 1 N–H and O–H groups in total. The van der Waals surface area contributed by atoms with Gasteiger partial charge < -0.3 is 4.74 Å². The topological polar surface area (TPSA) is 102 Å². The van der Waals surface area contributed by atoms with Crippen LogP contribution >= 0.6 is 12.2 Å². The second-order valence-electron chi connectivity index (χ2n) is 7.05. The second-order valence-corrected chi connectivity index (χ2v) is 7.43. The zero-order valence-corrected chi connectivity index (χ0v) is 18.0. The first-order valence-electron chi connectivity index (χ1n) is 9.86. The highest BCUT2D eigenvalue weighted by atomic mass is 32.1. The first kappa shape index (κ1) is 21.8. The number of carbonyl (C=O) groups is 2. The maximum atomic E-state index is 13.1. The van der Waals surface area contributed by atoms with E-state index in [0.29, 0.717) is 22.6 Å². The van der Waals surface area contributed by atoms with Crippen molar-refractivity contribution in [1.29, 1.82) is 0 Å². The van der Waals surface area contributed by atoms with E-state index in [9.17, 15) is 19.7 Å². The molecule has 1 heterocycles. The van der Waals surface area contributed by atoms with Crippen LogP contribution in [0.25, 0.3) is 6.08 Å². The van der Waals surface area contributed by atoms with Crippen molar-refractivity contribution in [2.24, 2.45) is 0 Å². The van der Waals surface area contributed by atoms with Crippen molar-refractivity contribution in [1.82, 2.24) is 5.32 Å². The number of carbonyl (C=O) groups excluding carboxylic acids is 2. The normalized spacial score (nSPS) is 14.8. The summed E-state index contributed by atoms with van der Waals surface area (Å²) >= 11 is 5.20. The number of amides is 2. The van der Waals surface area contributed by atoms with E-state index in [0.717, 1.165) is 0 Å². The summed E-state index contributed by atoms with van der Waals surface area (Å²) in [7, 11) is 0. The predicted molar refractivity (Wildman–Crippen MR) is 127 cm³/mol. The molecule has 0 bridgehead atoms. The van der Waals surface area contributed by atoms with Gasteiger partial charge in [-0.3, -0.25) is 29.9 Å². The van der Waals surface area contributed by atoms with Gasteiger partial charge in [-0.25, -0.2) is 0 Å². The molecule has 2 amide bonds. The Morgan fingerprint density at radius 2 is 1.73 bits per heavy atom. The Labute approximate surface area is 194 Å². The molecule has 0 unspecified atom stereocenters. The molecule has 0 spiro atoms.